The summed E-state index contributed by atoms with van der Waals surface area (Å²) >= 11 is 2.50. The van der Waals surface area contributed by atoms with Crippen LogP contribution in [-0.2, 0) is 9.47 Å². The third-order valence-electron chi connectivity index (χ3n) is 2.32. The molecule has 3 heteroatoms. The highest BCUT2D eigenvalue weighted by atomic mass is 127. The maximum atomic E-state index is 5.78. The molecule has 14 heavy (non-hydrogen) atoms. The van der Waals surface area contributed by atoms with Gasteiger partial charge in [0.15, 0.2) is 0 Å². The van der Waals surface area contributed by atoms with Gasteiger partial charge >= 0.3 is 0 Å². The molecule has 0 aliphatic heterocycles. The van der Waals surface area contributed by atoms with E-state index in [1.54, 1.807) is 0 Å². The Kier molecular flexibility index (Phi) is 5.14. The molecule has 2 atom stereocenters. The van der Waals surface area contributed by atoms with Crippen LogP contribution in [0.25, 0.3) is 0 Å². The molecule has 0 saturated heterocycles. The van der Waals surface area contributed by atoms with Crippen LogP contribution in [0.2, 0.25) is 0 Å². The van der Waals surface area contributed by atoms with Crippen LogP contribution in [0.5, 0.6) is 0 Å². The van der Waals surface area contributed by atoms with E-state index in [1.807, 2.05) is 0 Å². The van der Waals surface area contributed by atoms with E-state index in [0.29, 0.717) is 16.6 Å². The van der Waals surface area contributed by atoms with Gasteiger partial charge in [0, 0.05) is 3.92 Å². The Morgan fingerprint density at radius 1 is 1.21 bits per heavy atom. The van der Waals surface area contributed by atoms with E-state index in [4.69, 9.17) is 9.47 Å². The molecule has 1 fully saturated rings. The summed E-state index contributed by atoms with van der Waals surface area (Å²) in [6, 6.07) is 0. The molecule has 0 aromatic heterocycles. The van der Waals surface area contributed by atoms with Crippen molar-refractivity contribution in [1.82, 2.24) is 0 Å². The van der Waals surface area contributed by atoms with E-state index in [-0.39, 0.29) is 5.60 Å². The molecule has 1 saturated carbocycles. The first-order valence-electron chi connectivity index (χ1n) is 5.39. The number of halogens is 1. The van der Waals surface area contributed by atoms with Crippen molar-refractivity contribution in [2.75, 3.05) is 13.2 Å². The van der Waals surface area contributed by atoms with Gasteiger partial charge in [-0.3, -0.25) is 0 Å². The van der Waals surface area contributed by atoms with Crippen LogP contribution in [0, 0.1) is 0 Å². The molecule has 84 valence electrons. The van der Waals surface area contributed by atoms with E-state index in [2.05, 4.69) is 43.4 Å². The molecule has 0 aromatic carbocycles. The third kappa shape index (κ3) is 4.94. The summed E-state index contributed by atoms with van der Waals surface area (Å²) in [5.74, 6) is 0. The molecule has 2 unspecified atom stereocenters. The molecule has 0 amide bonds. The topological polar surface area (TPSA) is 18.5 Å². The standard InChI is InChI=1S/C11H21IO2/c1-11(2,3)14-8-7-13-10-6-4-5-9(10)12/h9-10H,4-8H2,1-3H3. The van der Waals surface area contributed by atoms with Gasteiger partial charge in [-0.2, -0.15) is 0 Å². The highest BCUT2D eigenvalue weighted by Gasteiger charge is 2.25. The molecule has 0 spiro atoms. The fourth-order valence-corrected chi connectivity index (χ4v) is 2.62. The second kappa shape index (κ2) is 5.66. The first-order chi connectivity index (χ1) is 6.49. The number of rotatable bonds is 4. The molecule has 2 nitrogen and oxygen atoms in total. The Hall–Kier alpha value is 0.650. The lowest BCUT2D eigenvalue weighted by Crippen LogP contribution is -2.25. The fourth-order valence-electron chi connectivity index (χ4n) is 1.62. The number of alkyl halides is 1. The second-order valence-electron chi connectivity index (χ2n) is 4.82. The molecule has 1 aliphatic carbocycles. The van der Waals surface area contributed by atoms with Gasteiger partial charge < -0.3 is 9.47 Å². The zero-order chi connectivity index (χ0) is 10.6. The minimum Gasteiger partial charge on any atom is -0.375 e. The van der Waals surface area contributed by atoms with E-state index >= 15 is 0 Å². The van der Waals surface area contributed by atoms with Crippen molar-refractivity contribution in [1.29, 1.82) is 0 Å². The Morgan fingerprint density at radius 3 is 2.43 bits per heavy atom. The van der Waals surface area contributed by atoms with Gasteiger partial charge in [0.1, 0.15) is 0 Å². The van der Waals surface area contributed by atoms with E-state index in [0.717, 1.165) is 6.61 Å². The van der Waals surface area contributed by atoms with Gasteiger partial charge in [-0.25, -0.2) is 0 Å². The quantitative estimate of drug-likeness (QED) is 0.451. The van der Waals surface area contributed by atoms with Gasteiger partial charge in [0.2, 0.25) is 0 Å². The third-order valence-corrected chi connectivity index (χ3v) is 3.75. The summed E-state index contributed by atoms with van der Waals surface area (Å²) in [5, 5.41) is 0. The monoisotopic (exact) mass is 312 g/mol. The van der Waals surface area contributed by atoms with Crippen LogP contribution in [0.3, 0.4) is 0 Å². The lowest BCUT2D eigenvalue weighted by atomic mass is 10.2. The van der Waals surface area contributed by atoms with Crippen molar-refractivity contribution < 1.29 is 9.47 Å². The van der Waals surface area contributed by atoms with Crippen LogP contribution in [0.15, 0.2) is 0 Å². The first-order valence-corrected chi connectivity index (χ1v) is 6.63. The lowest BCUT2D eigenvalue weighted by Gasteiger charge is -2.21. The zero-order valence-corrected chi connectivity index (χ0v) is 11.5. The van der Waals surface area contributed by atoms with Crippen LogP contribution >= 0.6 is 22.6 Å². The van der Waals surface area contributed by atoms with Crippen LogP contribution in [0.1, 0.15) is 40.0 Å². The summed E-state index contributed by atoms with van der Waals surface area (Å²) in [5.41, 5.74) is -0.0389. The Morgan fingerprint density at radius 2 is 1.93 bits per heavy atom. The van der Waals surface area contributed by atoms with Crippen molar-refractivity contribution in [3.63, 3.8) is 0 Å². The highest BCUT2D eigenvalue weighted by molar-refractivity contribution is 14.1. The predicted octanol–water partition coefficient (Wildman–Crippen LogP) is 3.17. The van der Waals surface area contributed by atoms with Crippen molar-refractivity contribution >= 4 is 22.6 Å². The molecular weight excluding hydrogens is 291 g/mol. The van der Waals surface area contributed by atoms with Crippen molar-refractivity contribution in [3.8, 4) is 0 Å². The molecule has 1 aliphatic rings. The zero-order valence-electron chi connectivity index (χ0n) is 9.38. The van der Waals surface area contributed by atoms with Gasteiger partial charge in [-0.15, -0.1) is 0 Å². The summed E-state index contributed by atoms with van der Waals surface area (Å²) in [6.07, 6.45) is 4.33. The van der Waals surface area contributed by atoms with Crippen LogP contribution in [0.4, 0.5) is 0 Å². The molecular formula is C11H21IO2. The summed E-state index contributed by atoms with van der Waals surface area (Å²) in [7, 11) is 0. The second-order valence-corrected chi connectivity index (χ2v) is 6.42. The average molecular weight is 312 g/mol. The van der Waals surface area contributed by atoms with Crippen molar-refractivity contribution in [2.45, 2.75) is 55.7 Å². The number of ether oxygens (including phenoxy) is 2. The molecule has 0 N–H and O–H groups in total. The van der Waals surface area contributed by atoms with E-state index < -0.39 is 0 Å². The Bertz CT molecular complexity index is 165. The number of hydrogen-bond donors (Lipinski definition) is 0. The fraction of sp³-hybridized carbons (Fsp3) is 1.00. The molecule has 0 radical (unpaired) electrons. The highest BCUT2D eigenvalue weighted by Crippen LogP contribution is 2.28. The van der Waals surface area contributed by atoms with Crippen molar-refractivity contribution in [3.05, 3.63) is 0 Å². The predicted molar refractivity (Wildman–Crippen MR) is 67.1 cm³/mol. The Labute approximate surface area is 101 Å². The van der Waals surface area contributed by atoms with E-state index in [9.17, 15) is 0 Å². The summed E-state index contributed by atoms with van der Waals surface area (Å²) < 4.78 is 12.1. The Balaban J connectivity index is 2.04. The SMILES string of the molecule is CC(C)(C)OCCOC1CCCC1I. The molecule has 1 rings (SSSR count). The smallest absolute Gasteiger partial charge is 0.0707 e. The van der Waals surface area contributed by atoms with Gasteiger partial charge in [-0.1, -0.05) is 22.6 Å². The first kappa shape index (κ1) is 12.7. The average Bonchev–Trinajstić information content (AvgIpc) is 2.44. The van der Waals surface area contributed by atoms with Gasteiger partial charge in [0.25, 0.3) is 0 Å². The van der Waals surface area contributed by atoms with Crippen molar-refractivity contribution in [2.24, 2.45) is 0 Å². The van der Waals surface area contributed by atoms with Crippen LogP contribution < -0.4 is 0 Å². The molecule has 0 aromatic rings. The lowest BCUT2D eigenvalue weighted by molar-refractivity contribution is -0.0486. The number of hydrogen-bond acceptors (Lipinski definition) is 2. The minimum absolute atomic E-state index is 0.0389. The summed E-state index contributed by atoms with van der Waals surface area (Å²) in [4.78, 5) is 0. The maximum absolute atomic E-state index is 5.78. The van der Waals surface area contributed by atoms with E-state index in [1.165, 1.54) is 19.3 Å². The normalized spacial score (nSPS) is 28.3. The minimum atomic E-state index is -0.0389. The van der Waals surface area contributed by atoms with Gasteiger partial charge in [-0.05, 0) is 40.0 Å². The molecule has 0 heterocycles. The van der Waals surface area contributed by atoms with Crippen LogP contribution in [-0.4, -0.2) is 28.8 Å². The summed E-state index contributed by atoms with van der Waals surface area (Å²) in [6.45, 7) is 7.67. The van der Waals surface area contributed by atoms with Gasteiger partial charge in [0.05, 0.1) is 24.9 Å². The maximum Gasteiger partial charge on any atom is 0.0707 e. The molecule has 0 bridgehead atoms. The largest absolute Gasteiger partial charge is 0.375 e.